The number of carbonyl (C=O) groups excluding carboxylic acids is 1. The van der Waals surface area contributed by atoms with E-state index in [2.05, 4.69) is 0 Å². The topological polar surface area (TPSA) is 55.8 Å². The second-order valence-corrected chi connectivity index (χ2v) is 6.93. The van der Waals surface area contributed by atoms with Crippen molar-refractivity contribution in [2.24, 2.45) is 5.92 Å². The van der Waals surface area contributed by atoms with Gasteiger partial charge in [0.1, 0.15) is 18.2 Å². The average molecular weight is 372 g/mol. The van der Waals surface area contributed by atoms with Gasteiger partial charge < -0.3 is 14.6 Å². The van der Waals surface area contributed by atoms with E-state index in [1.807, 2.05) is 24.3 Å². The molecule has 0 radical (unpaired) electrons. The van der Waals surface area contributed by atoms with Crippen LogP contribution in [0.2, 0.25) is 0 Å². The van der Waals surface area contributed by atoms with Crippen molar-refractivity contribution in [1.82, 2.24) is 0 Å². The Hall–Kier alpha value is -2.40. The third kappa shape index (κ3) is 5.79. The number of hydrogen-bond donors (Lipinski definition) is 1. The maximum absolute atomic E-state index is 12.9. The minimum Gasteiger partial charge on any atom is -0.489 e. The lowest BCUT2D eigenvalue weighted by Crippen LogP contribution is -2.24. The van der Waals surface area contributed by atoms with Gasteiger partial charge in [0.05, 0.1) is 18.6 Å². The van der Waals surface area contributed by atoms with Crippen molar-refractivity contribution in [3.63, 3.8) is 0 Å². The Balaban J connectivity index is 1.36. The highest BCUT2D eigenvalue weighted by Gasteiger charge is 2.32. The molecular weight excluding hydrogens is 347 g/mol. The highest BCUT2D eigenvalue weighted by atomic mass is 19.1. The molecule has 27 heavy (non-hydrogen) atoms. The number of carbonyl (C=O) groups is 1. The highest BCUT2D eigenvalue weighted by molar-refractivity contribution is 5.74. The molecule has 2 aromatic carbocycles. The van der Waals surface area contributed by atoms with Crippen LogP contribution in [0.15, 0.2) is 48.5 Å². The van der Waals surface area contributed by atoms with Crippen molar-refractivity contribution in [3.8, 4) is 5.75 Å². The van der Waals surface area contributed by atoms with Crippen LogP contribution in [0.3, 0.4) is 0 Å². The Labute approximate surface area is 158 Å². The smallest absolute Gasteiger partial charge is 0.311 e. The molecule has 1 fully saturated rings. The van der Waals surface area contributed by atoms with Gasteiger partial charge in [0.15, 0.2) is 0 Å². The van der Waals surface area contributed by atoms with Gasteiger partial charge in [0, 0.05) is 0 Å². The summed E-state index contributed by atoms with van der Waals surface area (Å²) in [6.07, 6.45) is 3.39. The first-order valence-electron chi connectivity index (χ1n) is 9.43. The van der Waals surface area contributed by atoms with Crippen molar-refractivity contribution < 1.29 is 23.8 Å². The molecule has 1 aliphatic heterocycles. The van der Waals surface area contributed by atoms with E-state index in [1.165, 1.54) is 17.7 Å². The molecule has 2 unspecified atom stereocenters. The number of benzene rings is 2. The zero-order chi connectivity index (χ0) is 19.1. The standard InChI is InChI=1S/C22H25FO4/c23-18-9-5-17(6-10-18)15-27-19-11-7-16(8-12-19)3-1-2-4-21(24)20-13-14-26-22(20)25/h5-12,20-21,24H,1-4,13-15H2. The summed E-state index contributed by atoms with van der Waals surface area (Å²) < 4.78 is 23.5. The third-order valence-corrected chi connectivity index (χ3v) is 4.90. The van der Waals surface area contributed by atoms with Crippen LogP contribution in [-0.4, -0.2) is 23.8 Å². The first-order chi connectivity index (χ1) is 13.1. The summed E-state index contributed by atoms with van der Waals surface area (Å²) in [5, 5.41) is 10.1. The van der Waals surface area contributed by atoms with Crippen LogP contribution in [0.4, 0.5) is 4.39 Å². The number of aryl methyl sites for hydroxylation is 1. The molecule has 1 N–H and O–H groups in total. The number of aliphatic hydroxyl groups excluding tert-OH is 1. The molecule has 0 saturated carbocycles. The summed E-state index contributed by atoms with van der Waals surface area (Å²) in [6.45, 7) is 0.831. The van der Waals surface area contributed by atoms with Crippen molar-refractivity contribution in [2.75, 3.05) is 6.61 Å². The van der Waals surface area contributed by atoms with Gasteiger partial charge in [0.2, 0.25) is 0 Å². The lowest BCUT2D eigenvalue weighted by atomic mass is 9.95. The number of hydrogen-bond acceptors (Lipinski definition) is 4. The second kappa shape index (κ2) is 9.51. The van der Waals surface area contributed by atoms with Crippen LogP contribution in [0.1, 0.15) is 36.8 Å². The van der Waals surface area contributed by atoms with Crippen LogP contribution in [0.25, 0.3) is 0 Å². The van der Waals surface area contributed by atoms with Gasteiger partial charge in [-0.05, 0) is 61.1 Å². The minimum absolute atomic E-state index is 0.251. The number of cyclic esters (lactones) is 1. The predicted molar refractivity (Wildman–Crippen MR) is 99.8 cm³/mol. The van der Waals surface area contributed by atoms with Gasteiger partial charge >= 0.3 is 5.97 Å². The van der Waals surface area contributed by atoms with E-state index in [0.717, 1.165) is 30.6 Å². The number of ether oxygens (including phenoxy) is 2. The SMILES string of the molecule is O=C1OCCC1C(O)CCCCc1ccc(OCc2ccc(F)cc2)cc1. The average Bonchev–Trinajstić information content (AvgIpc) is 3.11. The molecule has 0 aromatic heterocycles. The summed E-state index contributed by atoms with van der Waals surface area (Å²) in [7, 11) is 0. The van der Waals surface area contributed by atoms with Gasteiger partial charge in [-0.2, -0.15) is 0 Å². The maximum Gasteiger partial charge on any atom is 0.311 e. The Morgan fingerprint density at radius 2 is 1.78 bits per heavy atom. The lowest BCUT2D eigenvalue weighted by molar-refractivity contribution is -0.144. The molecule has 5 heteroatoms. The summed E-state index contributed by atoms with van der Waals surface area (Å²) in [6, 6.07) is 14.2. The molecule has 0 bridgehead atoms. The Kier molecular flexibility index (Phi) is 6.82. The fraction of sp³-hybridized carbons (Fsp3) is 0.409. The number of rotatable bonds is 9. The molecule has 0 amide bonds. The summed E-state index contributed by atoms with van der Waals surface area (Å²) >= 11 is 0. The molecule has 1 aliphatic rings. The quantitative estimate of drug-likeness (QED) is 0.533. The van der Waals surface area contributed by atoms with Crippen LogP contribution < -0.4 is 4.74 Å². The molecular formula is C22H25FO4. The van der Waals surface area contributed by atoms with E-state index in [9.17, 15) is 14.3 Å². The first-order valence-corrected chi connectivity index (χ1v) is 9.43. The maximum atomic E-state index is 12.9. The van der Waals surface area contributed by atoms with Crippen LogP contribution in [0, 0.1) is 11.7 Å². The number of aliphatic hydroxyl groups is 1. The largest absolute Gasteiger partial charge is 0.489 e. The minimum atomic E-state index is -0.595. The van der Waals surface area contributed by atoms with E-state index >= 15 is 0 Å². The molecule has 2 aromatic rings. The Morgan fingerprint density at radius 3 is 2.44 bits per heavy atom. The number of unbranched alkanes of at least 4 members (excludes halogenated alkanes) is 1. The van der Waals surface area contributed by atoms with E-state index in [0.29, 0.717) is 26.1 Å². The van der Waals surface area contributed by atoms with Crippen molar-refractivity contribution in [2.45, 2.75) is 44.8 Å². The summed E-state index contributed by atoms with van der Waals surface area (Å²) in [5.74, 6) is -0.0849. The zero-order valence-corrected chi connectivity index (χ0v) is 15.3. The number of esters is 1. The third-order valence-electron chi connectivity index (χ3n) is 4.90. The molecule has 2 atom stereocenters. The summed E-state index contributed by atoms with van der Waals surface area (Å²) in [4.78, 5) is 11.4. The fourth-order valence-electron chi connectivity index (χ4n) is 3.24. The van der Waals surface area contributed by atoms with Crippen molar-refractivity contribution in [1.29, 1.82) is 0 Å². The first kappa shape index (κ1) is 19.4. The van der Waals surface area contributed by atoms with Gasteiger partial charge in [-0.3, -0.25) is 4.79 Å². The lowest BCUT2D eigenvalue weighted by Gasteiger charge is -2.14. The van der Waals surface area contributed by atoms with E-state index in [1.54, 1.807) is 12.1 Å². The van der Waals surface area contributed by atoms with E-state index in [4.69, 9.17) is 9.47 Å². The van der Waals surface area contributed by atoms with E-state index in [-0.39, 0.29) is 17.7 Å². The fourth-order valence-corrected chi connectivity index (χ4v) is 3.24. The predicted octanol–water partition coefficient (Wildman–Crippen LogP) is 4.04. The van der Waals surface area contributed by atoms with Crippen LogP contribution in [0.5, 0.6) is 5.75 Å². The second-order valence-electron chi connectivity index (χ2n) is 6.93. The van der Waals surface area contributed by atoms with Gasteiger partial charge in [-0.25, -0.2) is 4.39 Å². The molecule has 144 valence electrons. The van der Waals surface area contributed by atoms with Crippen LogP contribution in [-0.2, 0) is 22.6 Å². The number of halogens is 1. The van der Waals surface area contributed by atoms with Gasteiger partial charge in [-0.1, -0.05) is 30.7 Å². The Morgan fingerprint density at radius 1 is 1.07 bits per heavy atom. The zero-order valence-electron chi connectivity index (χ0n) is 15.3. The van der Waals surface area contributed by atoms with Crippen molar-refractivity contribution in [3.05, 3.63) is 65.5 Å². The van der Waals surface area contributed by atoms with E-state index < -0.39 is 6.10 Å². The Bertz CT molecular complexity index is 727. The van der Waals surface area contributed by atoms with Gasteiger partial charge in [-0.15, -0.1) is 0 Å². The molecule has 1 saturated heterocycles. The van der Waals surface area contributed by atoms with Crippen molar-refractivity contribution >= 4 is 5.97 Å². The monoisotopic (exact) mass is 372 g/mol. The molecule has 0 spiro atoms. The molecule has 4 nitrogen and oxygen atoms in total. The van der Waals surface area contributed by atoms with Crippen LogP contribution >= 0.6 is 0 Å². The highest BCUT2D eigenvalue weighted by Crippen LogP contribution is 2.22. The normalized spacial score (nSPS) is 17.6. The molecule has 0 aliphatic carbocycles. The molecule has 1 heterocycles. The van der Waals surface area contributed by atoms with Gasteiger partial charge in [0.25, 0.3) is 0 Å². The molecule has 3 rings (SSSR count). The summed E-state index contributed by atoms with van der Waals surface area (Å²) in [5.41, 5.74) is 2.13.